The van der Waals surface area contributed by atoms with Gasteiger partial charge in [-0.3, -0.25) is 4.79 Å². The number of hydrogen-bond donors (Lipinski definition) is 0. The van der Waals surface area contributed by atoms with Gasteiger partial charge in [-0.1, -0.05) is 74.0 Å². The van der Waals surface area contributed by atoms with Crippen molar-refractivity contribution < 1.29 is 9.18 Å². The van der Waals surface area contributed by atoms with Crippen LogP contribution in [-0.4, -0.2) is 28.5 Å². The van der Waals surface area contributed by atoms with Gasteiger partial charge in [0.1, 0.15) is 5.82 Å². The summed E-state index contributed by atoms with van der Waals surface area (Å²) < 4.78 is 16.1. The fourth-order valence-corrected chi connectivity index (χ4v) is 4.88. The second-order valence-electron chi connectivity index (χ2n) is 9.40. The molecule has 0 N–H and O–H groups in total. The highest BCUT2D eigenvalue weighted by molar-refractivity contribution is 5.87. The molecule has 182 valence electrons. The predicted molar refractivity (Wildman–Crippen MR) is 142 cm³/mol. The molecule has 4 aromatic rings. The Morgan fingerprint density at radius 1 is 0.914 bits per heavy atom. The maximum atomic E-state index is 13.8. The van der Waals surface area contributed by atoms with Crippen molar-refractivity contribution in [2.75, 3.05) is 13.1 Å². The van der Waals surface area contributed by atoms with Crippen molar-refractivity contribution in [3.63, 3.8) is 0 Å². The van der Waals surface area contributed by atoms with E-state index in [0.29, 0.717) is 6.42 Å². The molecule has 0 aliphatic heterocycles. The lowest BCUT2D eigenvalue weighted by Crippen LogP contribution is -2.33. The van der Waals surface area contributed by atoms with E-state index in [1.54, 1.807) is 0 Å². The Balaban J connectivity index is 1.77. The predicted octanol–water partition coefficient (Wildman–Crippen LogP) is 7.31. The number of benzene rings is 3. The summed E-state index contributed by atoms with van der Waals surface area (Å²) in [7, 11) is 0. The van der Waals surface area contributed by atoms with Crippen LogP contribution in [0.2, 0.25) is 0 Å². The van der Waals surface area contributed by atoms with Crippen LogP contribution >= 0.6 is 0 Å². The van der Waals surface area contributed by atoms with Crippen LogP contribution in [0.15, 0.2) is 79.0 Å². The van der Waals surface area contributed by atoms with E-state index in [9.17, 15) is 9.18 Å². The summed E-state index contributed by atoms with van der Waals surface area (Å²) in [6.45, 7) is 8.58. The van der Waals surface area contributed by atoms with Gasteiger partial charge in [-0.25, -0.2) is 4.39 Å². The van der Waals surface area contributed by atoms with E-state index < -0.39 is 0 Å². The number of aromatic nitrogens is 1. The molecule has 0 aliphatic rings. The Labute approximate surface area is 208 Å². The van der Waals surface area contributed by atoms with Gasteiger partial charge in [0.25, 0.3) is 0 Å². The molecule has 3 aromatic carbocycles. The highest BCUT2D eigenvalue weighted by Crippen LogP contribution is 2.35. The van der Waals surface area contributed by atoms with E-state index in [1.165, 1.54) is 23.3 Å². The molecule has 1 heterocycles. The van der Waals surface area contributed by atoms with E-state index in [4.69, 9.17) is 0 Å². The number of carbonyl (C=O) groups excluding carboxylic acids is 1. The Hall–Kier alpha value is -3.40. The molecule has 0 radical (unpaired) electrons. The summed E-state index contributed by atoms with van der Waals surface area (Å²) in [5, 5.41) is 1.14. The van der Waals surface area contributed by atoms with Crippen molar-refractivity contribution in [3.05, 3.63) is 107 Å². The quantitative estimate of drug-likeness (QED) is 0.239. The number of nitrogens with zero attached hydrogens (tertiary/aromatic N) is 2. The van der Waals surface area contributed by atoms with Crippen LogP contribution in [0.4, 0.5) is 4.39 Å². The van der Waals surface area contributed by atoms with Crippen molar-refractivity contribution in [2.24, 2.45) is 0 Å². The Kier molecular flexibility index (Phi) is 8.02. The summed E-state index contributed by atoms with van der Waals surface area (Å²) in [6.07, 6.45) is 4.42. The third-order valence-electron chi connectivity index (χ3n) is 6.66. The molecule has 0 bridgehead atoms. The van der Waals surface area contributed by atoms with E-state index in [0.717, 1.165) is 54.5 Å². The molecule has 0 spiro atoms. The number of fused-ring (bicyclic) bond motifs is 1. The van der Waals surface area contributed by atoms with Gasteiger partial charge in [0.15, 0.2) is 0 Å². The van der Waals surface area contributed by atoms with Crippen LogP contribution in [0, 0.1) is 12.7 Å². The van der Waals surface area contributed by atoms with E-state index in [-0.39, 0.29) is 17.6 Å². The van der Waals surface area contributed by atoms with Crippen LogP contribution in [0.1, 0.15) is 61.3 Å². The van der Waals surface area contributed by atoms with Gasteiger partial charge in [-0.2, -0.15) is 0 Å². The first kappa shape index (κ1) is 24.7. The lowest BCUT2D eigenvalue weighted by molar-refractivity contribution is -0.131. The largest absolute Gasteiger partial charge is 0.343 e. The van der Waals surface area contributed by atoms with Gasteiger partial charge in [-0.15, -0.1) is 0 Å². The smallest absolute Gasteiger partial charge is 0.223 e. The third-order valence-corrected chi connectivity index (χ3v) is 6.66. The van der Waals surface area contributed by atoms with Gasteiger partial charge >= 0.3 is 0 Å². The van der Waals surface area contributed by atoms with Crippen molar-refractivity contribution in [1.29, 1.82) is 0 Å². The first-order valence-corrected chi connectivity index (χ1v) is 12.7. The maximum absolute atomic E-state index is 13.8. The zero-order valence-corrected chi connectivity index (χ0v) is 21.0. The molecule has 4 rings (SSSR count). The molecule has 0 fully saturated rings. The molecule has 0 aliphatic carbocycles. The van der Waals surface area contributed by atoms with Gasteiger partial charge in [0.2, 0.25) is 5.91 Å². The minimum atomic E-state index is -0.265. The molecule has 35 heavy (non-hydrogen) atoms. The summed E-state index contributed by atoms with van der Waals surface area (Å²) in [5.74, 6) is -0.263. The van der Waals surface area contributed by atoms with Crippen LogP contribution in [0.3, 0.4) is 0 Å². The van der Waals surface area contributed by atoms with Gasteiger partial charge < -0.3 is 9.47 Å². The van der Waals surface area contributed by atoms with Crippen LogP contribution in [-0.2, 0) is 11.3 Å². The average Bonchev–Trinajstić information content (AvgIpc) is 3.22. The fraction of sp³-hybridized carbons (Fsp3) is 0.323. The van der Waals surface area contributed by atoms with Gasteiger partial charge in [0, 0.05) is 49.1 Å². The number of halogens is 1. The number of carbonyl (C=O) groups is 1. The monoisotopic (exact) mass is 470 g/mol. The molecule has 0 saturated heterocycles. The normalized spacial score (nSPS) is 12.1. The number of rotatable bonds is 10. The molecule has 4 heteroatoms. The van der Waals surface area contributed by atoms with Gasteiger partial charge in [0.05, 0.1) is 0 Å². The van der Waals surface area contributed by atoms with Crippen molar-refractivity contribution in [3.8, 4) is 0 Å². The summed E-state index contributed by atoms with van der Waals surface area (Å²) in [5.41, 5.74) is 5.69. The first-order valence-electron chi connectivity index (χ1n) is 12.7. The highest BCUT2D eigenvalue weighted by Gasteiger charge is 2.25. The summed E-state index contributed by atoms with van der Waals surface area (Å²) >= 11 is 0. The van der Waals surface area contributed by atoms with Crippen molar-refractivity contribution >= 4 is 16.8 Å². The topological polar surface area (TPSA) is 25.2 Å². The van der Waals surface area contributed by atoms with Gasteiger partial charge in [-0.05, 0) is 54.7 Å². The zero-order valence-electron chi connectivity index (χ0n) is 21.0. The standard InChI is InChI=1S/C31H35FN2O/c1-4-18-33(19-5-2)31(35)20-28(25-14-16-26(32)17-15-25)29-22-34(30-9-7-6-8-27(29)30)21-24-12-10-23(3)11-13-24/h6-17,22,28H,4-5,18-21H2,1-3H3. The van der Waals surface area contributed by atoms with E-state index in [1.807, 2.05) is 23.1 Å². The van der Waals surface area contributed by atoms with E-state index >= 15 is 0 Å². The van der Waals surface area contributed by atoms with E-state index in [2.05, 4.69) is 74.0 Å². The first-order chi connectivity index (χ1) is 17.0. The minimum Gasteiger partial charge on any atom is -0.343 e. The lowest BCUT2D eigenvalue weighted by atomic mass is 9.87. The summed E-state index contributed by atoms with van der Waals surface area (Å²) in [4.78, 5) is 15.4. The van der Waals surface area contributed by atoms with Crippen LogP contribution in [0.5, 0.6) is 0 Å². The SMILES string of the molecule is CCCN(CCC)C(=O)CC(c1ccc(F)cc1)c1cn(Cc2ccc(C)cc2)c2ccccc12. The molecule has 1 atom stereocenters. The highest BCUT2D eigenvalue weighted by atomic mass is 19.1. The Morgan fingerprint density at radius 2 is 1.57 bits per heavy atom. The number of amides is 1. The molecule has 0 saturated carbocycles. The number of aryl methyl sites for hydroxylation is 1. The molecule has 3 nitrogen and oxygen atoms in total. The van der Waals surface area contributed by atoms with Crippen molar-refractivity contribution in [1.82, 2.24) is 9.47 Å². The second kappa shape index (κ2) is 11.4. The zero-order chi connectivity index (χ0) is 24.8. The molecule has 1 aromatic heterocycles. The molecular weight excluding hydrogens is 435 g/mol. The Bertz CT molecular complexity index is 1250. The fourth-order valence-electron chi connectivity index (χ4n) is 4.88. The summed E-state index contributed by atoms with van der Waals surface area (Å²) in [6, 6.07) is 23.6. The third kappa shape index (κ3) is 5.82. The second-order valence-corrected chi connectivity index (χ2v) is 9.40. The van der Waals surface area contributed by atoms with Crippen LogP contribution in [0.25, 0.3) is 10.9 Å². The molecule has 1 unspecified atom stereocenters. The Morgan fingerprint density at radius 3 is 2.23 bits per heavy atom. The average molecular weight is 471 g/mol. The lowest BCUT2D eigenvalue weighted by Gasteiger charge is -2.25. The van der Waals surface area contributed by atoms with Crippen LogP contribution < -0.4 is 0 Å². The molecule has 1 amide bonds. The number of para-hydroxylation sites is 1. The number of hydrogen-bond acceptors (Lipinski definition) is 1. The minimum absolute atomic E-state index is 0.150. The maximum Gasteiger partial charge on any atom is 0.223 e. The van der Waals surface area contributed by atoms with Crippen molar-refractivity contribution in [2.45, 2.75) is 52.5 Å². The molecular formula is C31H35FN2O.